The molecule has 0 unspecified atom stereocenters. The van der Waals surface area contributed by atoms with Crippen molar-refractivity contribution < 1.29 is 23.1 Å². The first kappa shape index (κ1) is 17.9. The minimum Gasteiger partial charge on any atom is -0.449 e. The van der Waals surface area contributed by atoms with Crippen LogP contribution in [0.25, 0.3) is 0 Å². The molecule has 0 radical (unpaired) electrons. The first-order valence-electron chi connectivity index (χ1n) is 7.75. The molecule has 0 bridgehead atoms. The zero-order valence-corrected chi connectivity index (χ0v) is 13.3. The summed E-state index contributed by atoms with van der Waals surface area (Å²) in [6, 6.07) is 4.42. The van der Waals surface area contributed by atoms with E-state index in [1.807, 2.05) is 0 Å². The molecule has 0 heterocycles. The maximum absolute atomic E-state index is 13.1. The molecule has 1 aromatic rings. The van der Waals surface area contributed by atoms with E-state index in [1.54, 1.807) is 0 Å². The fourth-order valence-electron chi connectivity index (χ4n) is 2.71. The quantitative estimate of drug-likeness (QED) is 0.858. The van der Waals surface area contributed by atoms with Crippen LogP contribution in [0, 0.1) is 23.0 Å². The highest BCUT2D eigenvalue weighted by Crippen LogP contribution is 2.27. The third kappa shape index (κ3) is 4.28. The van der Waals surface area contributed by atoms with Gasteiger partial charge in [-0.1, -0.05) is 19.3 Å². The Bertz CT molecular complexity index is 659. The Labute approximate surface area is 138 Å². The van der Waals surface area contributed by atoms with Crippen molar-refractivity contribution in [2.45, 2.75) is 50.7 Å². The van der Waals surface area contributed by atoms with Gasteiger partial charge < -0.3 is 10.1 Å². The Kier molecular flexibility index (Phi) is 5.50. The molecular weight excluding hydrogens is 318 g/mol. The number of esters is 1. The zero-order chi connectivity index (χ0) is 17.7. The summed E-state index contributed by atoms with van der Waals surface area (Å²) in [6.45, 7) is 1.34. The minimum atomic E-state index is -1.18. The van der Waals surface area contributed by atoms with Crippen molar-refractivity contribution in [2.24, 2.45) is 0 Å². The summed E-state index contributed by atoms with van der Waals surface area (Å²) in [5.74, 6) is -3.44. The summed E-state index contributed by atoms with van der Waals surface area (Å²) >= 11 is 0. The Balaban J connectivity index is 2.00. The van der Waals surface area contributed by atoms with Gasteiger partial charge in [0, 0.05) is 6.07 Å². The number of ether oxygens (including phenoxy) is 1. The van der Waals surface area contributed by atoms with E-state index in [0.717, 1.165) is 31.4 Å². The SMILES string of the molecule is C[C@@H](OC(=O)c1cc(F)cc(F)c1)C(=O)NC1(C#N)CCCCC1. The summed E-state index contributed by atoms with van der Waals surface area (Å²) in [6.07, 6.45) is 2.59. The molecular formula is C17H18F2N2O3. The molecule has 5 nitrogen and oxygen atoms in total. The summed E-state index contributed by atoms with van der Waals surface area (Å²) in [5.41, 5.74) is -1.26. The van der Waals surface area contributed by atoms with E-state index in [9.17, 15) is 23.6 Å². The molecule has 1 atom stereocenters. The van der Waals surface area contributed by atoms with Gasteiger partial charge in [0.15, 0.2) is 6.10 Å². The van der Waals surface area contributed by atoms with E-state index in [0.29, 0.717) is 18.9 Å². The van der Waals surface area contributed by atoms with Crippen molar-refractivity contribution in [3.05, 3.63) is 35.4 Å². The van der Waals surface area contributed by atoms with Crippen LogP contribution in [0.5, 0.6) is 0 Å². The Morgan fingerprint density at radius 1 is 1.21 bits per heavy atom. The second-order valence-corrected chi connectivity index (χ2v) is 5.95. The second-order valence-electron chi connectivity index (χ2n) is 5.95. The molecule has 1 amide bonds. The summed E-state index contributed by atoms with van der Waals surface area (Å²) in [5, 5.41) is 12.0. The molecule has 7 heteroatoms. The first-order valence-corrected chi connectivity index (χ1v) is 7.75. The van der Waals surface area contributed by atoms with Gasteiger partial charge in [-0.25, -0.2) is 13.6 Å². The Morgan fingerprint density at radius 3 is 2.33 bits per heavy atom. The zero-order valence-electron chi connectivity index (χ0n) is 13.3. The third-order valence-electron chi connectivity index (χ3n) is 4.03. The van der Waals surface area contributed by atoms with Crippen LogP contribution in [-0.4, -0.2) is 23.5 Å². The topological polar surface area (TPSA) is 79.2 Å². The highest BCUT2D eigenvalue weighted by atomic mass is 19.1. The standard InChI is InChI=1S/C17H18F2N2O3/c1-11(15(22)21-17(10-20)5-3-2-4-6-17)24-16(23)12-7-13(18)9-14(19)8-12/h7-9,11H,2-6H2,1H3,(H,21,22)/t11-/m1/s1. The van der Waals surface area contributed by atoms with Crippen molar-refractivity contribution in [1.29, 1.82) is 5.26 Å². The Morgan fingerprint density at radius 2 is 1.79 bits per heavy atom. The number of hydrogen-bond acceptors (Lipinski definition) is 4. The number of carbonyl (C=O) groups is 2. The van der Waals surface area contributed by atoms with Gasteiger partial charge >= 0.3 is 5.97 Å². The lowest BCUT2D eigenvalue weighted by Crippen LogP contribution is -2.52. The molecule has 24 heavy (non-hydrogen) atoms. The molecule has 1 aromatic carbocycles. The number of nitriles is 1. The van der Waals surface area contributed by atoms with Crippen molar-refractivity contribution in [2.75, 3.05) is 0 Å². The molecule has 1 aliphatic carbocycles. The number of nitrogens with zero attached hydrogens (tertiary/aromatic N) is 1. The van der Waals surface area contributed by atoms with Crippen LogP contribution in [0.4, 0.5) is 8.78 Å². The van der Waals surface area contributed by atoms with Gasteiger partial charge in [-0.05, 0) is 31.9 Å². The molecule has 0 aromatic heterocycles. The van der Waals surface area contributed by atoms with E-state index < -0.39 is 35.2 Å². The molecule has 2 rings (SSSR count). The summed E-state index contributed by atoms with van der Waals surface area (Å²) in [7, 11) is 0. The largest absolute Gasteiger partial charge is 0.449 e. The number of rotatable bonds is 4. The maximum Gasteiger partial charge on any atom is 0.339 e. The van der Waals surface area contributed by atoms with Gasteiger partial charge in [0.1, 0.15) is 17.2 Å². The van der Waals surface area contributed by atoms with Gasteiger partial charge in [-0.2, -0.15) is 5.26 Å². The average molecular weight is 336 g/mol. The van der Waals surface area contributed by atoms with Crippen LogP contribution >= 0.6 is 0 Å². The van der Waals surface area contributed by atoms with Crippen LogP contribution in [0.2, 0.25) is 0 Å². The van der Waals surface area contributed by atoms with Gasteiger partial charge in [0.2, 0.25) is 0 Å². The molecule has 1 fully saturated rings. The molecule has 0 spiro atoms. The van der Waals surface area contributed by atoms with Gasteiger partial charge in [-0.15, -0.1) is 0 Å². The highest BCUT2D eigenvalue weighted by Gasteiger charge is 2.35. The fraction of sp³-hybridized carbons (Fsp3) is 0.471. The van der Waals surface area contributed by atoms with Crippen LogP contribution in [-0.2, 0) is 9.53 Å². The first-order chi connectivity index (χ1) is 11.3. The summed E-state index contributed by atoms with van der Waals surface area (Å²) in [4.78, 5) is 24.1. The molecule has 1 aliphatic rings. The molecule has 0 aliphatic heterocycles. The minimum absolute atomic E-state index is 0.320. The Hall–Kier alpha value is -2.49. The summed E-state index contributed by atoms with van der Waals surface area (Å²) < 4.78 is 31.2. The monoisotopic (exact) mass is 336 g/mol. The maximum atomic E-state index is 13.1. The van der Waals surface area contributed by atoms with Gasteiger partial charge in [-0.3, -0.25) is 4.79 Å². The van der Waals surface area contributed by atoms with Crippen molar-refractivity contribution in [1.82, 2.24) is 5.32 Å². The predicted octanol–water partition coefficient (Wildman–Crippen LogP) is 2.85. The normalized spacial score (nSPS) is 17.4. The number of carbonyl (C=O) groups excluding carboxylic acids is 2. The number of halogens is 2. The lowest BCUT2D eigenvalue weighted by Gasteiger charge is -2.32. The third-order valence-corrected chi connectivity index (χ3v) is 4.03. The lowest BCUT2D eigenvalue weighted by atomic mass is 9.83. The number of nitrogens with one attached hydrogen (secondary N) is 1. The van der Waals surface area contributed by atoms with Crippen molar-refractivity contribution in [3.8, 4) is 6.07 Å². The van der Waals surface area contributed by atoms with Crippen LogP contribution < -0.4 is 5.32 Å². The van der Waals surface area contributed by atoms with Crippen LogP contribution in [0.3, 0.4) is 0 Å². The van der Waals surface area contributed by atoms with E-state index >= 15 is 0 Å². The number of hydrogen-bond donors (Lipinski definition) is 1. The molecule has 128 valence electrons. The highest BCUT2D eigenvalue weighted by molar-refractivity contribution is 5.92. The van der Waals surface area contributed by atoms with Gasteiger partial charge in [0.05, 0.1) is 11.6 Å². The molecule has 1 N–H and O–H groups in total. The van der Waals surface area contributed by atoms with E-state index in [4.69, 9.17) is 4.74 Å². The lowest BCUT2D eigenvalue weighted by molar-refractivity contribution is -0.130. The van der Waals surface area contributed by atoms with E-state index in [2.05, 4.69) is 11.4 Å². The number of benzene rings is 1. The smallest absolute Gasteiger partial charge is 0.339 e. The van der Waals surface area contributed by atoms with Crippen molar-refractivity contribution >= 4 is 11.9 Å². The second kappa shape index (κ2) is 7.39. The van der Waals surface area contributed by atoms with Gasteiger partial charge in [0.25, 0.3) is 5.91 Å². The average Bonchev–Trinajstić information content (AvgIpc) is 2.54. The van der Waals surface area contributed by atoms with E-state index in [-0.39, 0.29) is 5.56 Å². The van der Waals surface area contributed by atoms with Crippen LogP contribution in [0.1, 0.15) is 49.4 Å². The molecule has 1 saturated carbocycles. The number of amides is 1. The predicted molar refractivity (Wildman–Crippen MR) is 80.8 cm³/mol. The van der Waals surface area contributed by atoms with Crippen LogP contribution in [0.15, 0.2) is 18.2 Å². The fourth-order valence-corrected chi connectivity index (χ4v) is 2.71. The molecule has 0 saturated heterocycles. The van der Waals surface area contributed by atoms with Crippen molar-refractivity contribution in [3.63, 3.8) is 0 Å². The van der Waals surface area contributed by atoms with E-state index in [1.165, 1.54) is 6.92 Å².